The van der Waals surface area contributed by atoms with Gasteiger partial charge in [0.2, 0.25) is 5.91 Å². The minimum Gasteiger partial charge on any atom is -0.496 e. The molecule has 1 heterocycles. The fourth-order valence-corrected chi connectivity index (χ4v) is 2.82. The topological polar surface area (TPSA) is 58.6 Å². The van der Waals surface area contributed by atoms with Crippen LogP contribution in [0.4, 0.5) is 0 Å². The average molecular weight is 290 g/mol. The molecule has 1 aliphatic heterocycles. The summed E-state index contributed by atoms with van der Waals surface area (Å²) in [5.41, 5.74) is 1.61. The Labute approximate surface area is 125 Å². The molecular formula is C16H22N2O3. The number of benzene rings is 1. The van der Waals surface area contributed by atoms with Gasteiger partial charge in [-0.1, -0.05) is 0 Å². The van der Waals surface area contributed by atoms with Gasteiger partial charge in [0, 0.05) is 24.7 Å². The number of ketones is 1. The third kappa shape index (κ3) is 3.42. The van der Waals surface area contributed by atoms with Crippen LogP contribution in [0.1, 0.15) is 35.7 Å². The lowest BCUT2D eigenvalue weighted by Crippen LogP contribution is -2.41. The van der Waals surface area contributed by atoms with Gasteiger partial charge in [-0.2, -0.15) is 0 Å². The summed E-state index contributed by atoms with van der Waals surface area (Å²) in [6, 6.07) is 5.35. The first-order chi connectivity index (χ1) is 10.1. The lowest BCUT2D eigenvalue weighted by molar-refractivity contribution is -0.125. The molecule has 2 rings (SSSR count). The van der Waals surface area contributed by atoms with Gasteiger partial charge in [-0.3, -0.25) is 14.5 Å². The molecule has 1 unspecified atom stereocenters. The Kier molecular flexibility index (Phi) is 4.96. The Morgan fingerprint density at radius 3 is 2.81 bits per heavy atom. The number of carbonyl (C=O) groups is 2. The molecule has 5 nitrogen and oxygen atoms in total. The van der Waals surface area contributed by atoms with Crippen LogP contribution in [0.2, 0.25) is 0 Å². The van der Waals surface area contributed by atoms with Crippen LogP contribution in [0.15, 0.2) is 18.2 Å². The highest BCUT2D eigenvalue weighted by molar-refractivity contribution is 5.94. The van der Waals surface area contributed by atoms with Crippen molar-refractivity contribution in [3.63, 3.8) is 0 Å². The smallest absolute Gasteiger partial charge is 0.237 e. The predicted molar refractivity (Wildman–Crippen MR) is 80.5 cm³/mol. The van der Waals surface area contributed by atoms with Crippen LogP contribution < -0.4 is 10.1 Å². The number of rotatable bonds is 5. The minimum absolute atomic E-state index is 0.0307. The van der Waals surface area contributed by atoms with Crippen molar-refractivity contribution in [2.45, 2.75) is 32.4 Å². The number of Topliss-reactive ketones (excluding diaryl/α,β-unsaturated/α-hetero) is 1. The second-order valence-corrected chi connectivity index (χ2v) is 5.33. The van der Waals surface area contributed by atoms with E-state index in [0.29, 0.717) is 12.1 Å². The summed E-state index contributed by atoms with van der Waals surface area (Å²) in [4.78, 5) is 25.6. The molecule has 1 saturated heterocycles. The van der Waals surface area contributed by atoms with Crippen LogP contribution in [0.3, 0.4) is 0 Å². The highest BCUT2D eigenvalue weighted by atomic mass is 16.5. The van der Waals surface area contributed by atoms with Crippen LogP contribution in [-0.4, -0.2) is 43.3 Å². The van der Waals surface area contributed by atoms with Crippen molar-refractivity contribution >= 4 is 11.7 Å². The van der Waals surface area contributed by atoms with E-state index in [9.17, 15) is 9.59 Å². The fraction of sp³-hybridized carbons (Fsp3) is 0.500. The van der Waals surface area contributed by atoms with Crippen LogP contribution in [0, 0.1) is 0 Å². The SMILES string of the molecule is CNC(=O)C1CCCN1Cc1cc(C(C)=O)ccc1OC. The number of nitrogens with zero attached hydrogens (tertiary/aromatic N) is 1. The molecule has 114 valence electrons. The molecule has 0 aliphatic carbocycles. The van der Waals surface area contributed by atoms with Gasteiger partial charge >= 0.3 is 0 Å². The fourth-order valence-electron chi connectivity index (χ4n) is 2.82. The summed E-state index contributed by atoms with van der Waals surface area (Å²) in [7, 11) is 3.28. The summed E-state index contributed by atoms with van der Waals surface area (Å²) in [5, 5.41) is 2.71. The number of methoxy groups -OCH3 is 1. The van der Waals surface area contributed by atoms with Gasteiger partial charge < -0.3 is 10.1 Å². The van der Waals surface area contributed by atoms with Crippen LogP contribution in [0.25, 0.3) is 0 Å². The maximum atomic E-state index is 11.9. The Morgan fingerprint density at radius 2 is 2.19 bits per heavy atom. The van der Waals surface area contributed by atoms with Crippen LogP contribution in [0.5, 0.6) is 5.75 Å². The molecule has 1 aromatic rings. The monoisotopic (exact) mass is 290 g/mol. The molecule has 0 aromatic heterocycles. The van der Waals surface area contributed by atoms with Crippen molar-refractivity contribution < 1.29 is 14.3 Å². The maximum Gasteiger partial charge on any atom is 0.237 e. The number of likely N-dealkylation sites (N-methyl/N-ethyl adjacent to an activating group) is 1. The van der Waals surface area contributed by atoms with Gasteiger partial charge in [0.25, 0.3) is 0 Å². The van der Waals surface area contributed by atoms with E-state index in [1.54, 1.807) is 27.1 Å². The number of hydrogen-bond acceptors (Lipinski definition) is 4. The second-order valence-electron chi connectivity index (χ2n) is 5.33. The van der Waals surface area contributed by atoms with Gasteiger partial charge in [-0.15, -0.1) is 0 Å². The first kappa shape index (κ1) is 15.5. The summed E-state index contributed by atoms with van der Waals surface area (Å²) >= 11 is 0. The summed E-state index contributed by atoms with van der Waals surface area (Å²) < 4.78 is 5.37. The van der Waals surface area contributed by atoms with Gasteiger partial charge in [-0.25, -0.2) is 0 Å². The van der Waals surface area contributed by atoms with E-state index in [1.165, 1.54) is 0 Å². The minimum atomic E-state index is -0.0966. The average Bonchev–Trinajstić information content (AvgIpc) is 2.94. The molecule has 0 bridgehead atoms. The third-order valence-electron chi connectivity index (χ3n) is 3.97. The molecule has 1 aromatic carbocycles. The highest BCUT2D eigenvalue weighted by Crippen LogP contribution is 2.26. The molecule has 5 heteroatoms. The van der Waals surface area contributed by atoms with E-state index in [0.717, 1.165) is 30.7 Å². The lowest BCUT2D eigenvalue weighted by atomic mass is 10.1. The zero-order valence-corrected chi connectivity index (χ0v) is 12.8. The van der Waals surface area contributed by atoms with E-state index >= 15 is 0 Å². The maximum absolute atomic E-state index is 11.9. The highest BCUT2D eigenvalue weighted by Gasteiger charge is 2.30. The predicted octanol–water partition coefficient (Wildman–Crippen LogP) is 1.61. The van der Waals surface area contributed by atoms with Crippen molar-refractivity contribution in [2.24, 2.45) is 0 Å². The summed E-state index contributed by atoms with van der Waals surface area (Å²) in [6.45, 7) is 3.04. The van der Waals surface area contributed by atoms with Crippen molar-refractivity contribution in [1.82, 2.24) is 10.2 Å². The number of carbonyl (C=O) groups excluding carboxylic acids is 2. The molecule has 1 aliphatic rings. The van der Waals surface area contributed by atoms with Crippen molar-refractivity contribution in [1.29, 1.82) is 0 Å². The Hall–Kier alpha value is -1.88. The number of amides is 1. The Bertz CT molecular complexity index is 542. The summed E-state index contributed by atoms with van der Waals surface area (Å²) in [6.07, 6.45) is 1.88. The number of ether oxygens (including phenoxy) is 1. The summed E-state index contributed by atoms with van der Waals surface area (Å²) in [5.74, 6) is 0.833. The molecule has 0 spiro atoms. The first-order valence-corrected chi connectivity index (χ1v) is 7.20. The number of nitrogens with one attached hydrogen (secondary N) is 1. The molecule has 21 heavy (non-hydrogen) atoms. The number of hydrogen-bond donors (Lipinski definition) is 1. The van der Waals surface area contributed by atoms with E-state index in [-0.39, 0.29) is 17.7 Å². The van der Waals surface area contributed by atoms with Gasteiger partial charge in [0.05, 0.1) is 13.2 Å². The van der Waals surface area contributed by atoms with Crippen LogP contribution >= 0.6 is 0 Å². The molecule has 0 radical (unpaired) electrons. The van der Waals surface area contributed by atoms with Crippen molar-refractivity contribution in [3.8, 4) is 5.75 Å². The largest absolute Gasteiger partial charge is 0.496 e. The molecule has 1 N–H and O–H groups in total. The quantitative estimate of drug-likeness (QED) is 0.837. The van der Waals surface area contributed by atoms with E-state index in [2.05, 4.69) is 10.2 Å². The third-order valence-corrected chi connectivity index (χ3v) is 3.97. The number of likely N-dealkylation sites (tertiary alicyclic amines) is 1. The van der Waals surface area contributed by atoms with Crippen molar-refractivity contribution in [3.05, 3.63) is 29.3 Å². The first-order valence-electron chi connectivity index (χ1n) is 7.20. The molecule has 1 amide bonds. The van der Waals surface area contributed by atoms with Gasteiger partial charge in [-0.05, 0) is 44.5 Å². The standard InChI is InChI=1S/C16H22N2O3/c1-11(19)12-6-7-15(21-3)13(9-12)10-18-8-4-5-14(18)16(20)17-2/h6-7,9,14H,4-5,8,10H2,1-3H3,(H,17,20). The molecule has 1 fully saturated rings. The molecule has 1 atom stereocenters. The lowest BCUT2D eigenvalue weighted by Gasteiger charge is -2.24. The molecular weight excluding hydrogens is 268 g/mol. The van der Waals surface area contributed by atoms with Gasteiger partial charge in [0.1, 0.15) is 5.75 Å². The van der Waals surface area contributed by atoms with Crippen molar-refractivity contribution in [2.75, 3.05) is 20.7 Å². The van der Waals surface area contributed by atoms with E-state index in [4.69, 9.17) is 4.74 Å². The Balaban J connectivity index is 2.23. The Morgan fingerprint density at radius 1 is 1.43 bits per heavy atom. The van der Waals surface area contributed by atoms with E-state index < -0.39 is 0 Å². The second kappa shape index (κ2) is 6.72. The zero-order chi connectivity index (χ0) is 15.4. The van der Waals surface area contributed by atoms with E-state index in [1.807, 2.05) is 12.1 Å². The zero-order valence-electron chi connectivity index (χ0n) is 12.8. The normalized spacial score (nSPS) is 18.5. The molecule has 0 saturated carbocycles. The van der Waals surface area contributed by atoms with Crippen LogP contribution in [-0.2, 0) is 11.3 Å². The van der Waals surface area contributed by atoms with Gasteiger partial charge in [0.15, 0.2) is 5.78 Å².